The zero-order valence-electron chi connectivity index (χ0n) is 45.2. The number of esters is 1. The monoisotopic (exact) mass is 1060 g/mol. The molecule has 0 saturated carbocycles. The first-order valence-corrected chi connectivity index (χ1v) is 27.5. The van der Waals surface area contributed by atoms with Gasteiger partial charge in [0.2, 0.25) is 0 Å². The smallest absolute Gasteiger partial charge is 0.311 e. The number of hydrogen-bond acceptors (Lipinski definition) is 19. The van der Waals surface area contributed by atoms with Crippen LogP contribution in [0.1, 0.15) is 118 Å². The van der Waals surface area contributed by atoms with Crippen molar-refractivity contribution in [3.8, 4) is 0 Å². The summed E-state index contributed by atoms with van der Waals surface area (Å²) in [5.74, 6) is -2.97. The van der Waals surface area contributed by atoms with Crippen molar-refractivity contribution in [3.05, 3.63) is 41.7 Å². The number of nitrogens with zero attached hydrogens (tertiary/aromatic N) is 5. The minimum Gasteiger partial charge on any atom is -0.459 e. The van der Waals surface area contributed by atoms with Crippen molar-refractivity contribution in [1.29, 1.82) is 0 Å². The number of sulfone groups is 1. The summed E-state index contributed by atoms with van der Waals surface area (Å²) in [4.78, 5) is 18.4. The first-order valence-electron chi connectivity index (χ1n) is 25.6. The number of likely N-dealkylation sites (N-methyl/N-ethyl adjacent to an activating group) is 2. The van der Waals surface area contributed by atoms with E-state index >= 15 is 0 Å². The molecule has 4 heterocycles. The van der Waals surface area contributed by atoms with Gasteiger partial charge in [-0.05, 0) is 105 Å². The Labute approximate surface area is 431 Å². The second-order valence-corrected chi connectivity index (χ2v) is 24.1. The van der Waals surface area contributed by atoms with Gasteiger partial charge in [-0.3, -0.25) is 4.79 Å². The maximum absolute atomic E-state index is 14.5. The molecule has 1 aromatic carbocycles. The quantitative estimate of drug-likeness (QED) is 0.140. The third-order valence-electron chi connectivity index (χ3n) is 15.9. The number of aliphatic hydroxyl groups excluding tert-OH is 4. The zero-order valence-corrected chi connectivity index (χ0v) is 46.1. The third-order valence-corrected chi connectivity index (χ3v) is 17.0. The first kappa shape index (κ1) is 61.0. The lowest BCUT2D eigenvalue weighted by molar-refractivity contribution is -0.318. The Morgan fingerprint density at radius 3 is 2.22 bits per heavy atom. The van der Waals surface area contributed by atoms with E-state index < -0.39 is 137 Å². The Kier molecular flexibility index (Phi) is 20.6. The lowest BCUT2D eigenvalue weighted by Gasteiger charge is -2.49. The molecule has 20 nitrogen and oxygen atoms in total. The summed E-state index contributed by atoms with van der Waals surface area (Å²) in [6.45, 7) is 17.0. The van der Waals surface area contributed by atoms with Crippen LogP contribution in [0, 0.1) is 17.8 Å². The van der Waals surface area contributed by atoms with Gasteiger partial charge in [0.15, 0.2) is 22.4 Å². The second-order valence-electron chi connectivity index (χ2n) is 22.1. The lowest BCUT2D eigenvalue weighted by Crippen LogP contribution is -2.61. The SMILES string of the molecule is CC[C@H]1OC(=O)[C@H](C)[C@@H](O[C@H]2C[C@@](C)(OC)[C@@H](O)[C@H](C)O2)[C@H](C)[C@@H](O[C@@H]2O[C@H](C)C[C@H](N(C)CCc3cn(C(CF)[C@H](O)c4ccc(S(C)(=O)=O)cc4)nn3)[C@H]2O)[C@](C)(O)C[C@@H](C)CN(C)[C@H](C)[C@@H](O)[C@]1(C)O. The molecule has 0 bridgehead atoms. The molecule has 20 atom stereocenters. The van der Waals surface area contributed by atoms with Crippen molar-refractivity contribution >= 4 is 15.8 Å². The maximum atomic E-state index is 14.5. The fraction of sp³-hybridized carbons (Fsp3) is 0.824. The fourth-order valence-corrected chi connectivity index (χ4v) is 11.8. The molecule has 1 unspecified atom stereocenters. The van der Waals surface area contributed by atoms with Gasteiger partial charge in [-0.15, -0.1) is 5.10 Å². The van der Waals surface area contributed by atoms with E-state index in [1.165, 1.54) is 49.2 Å². The molecule has 0 radical (unpaired) electrons. The number of halogens is 1. The topological polar surface area (TPSA) is 265 Å². The molecular formula is C51H86FN5O15S. The van der Waals surface area contributed by atoms with Crippen LogP contribution in [0.4, 0.5) is 4.39 Å². The van der Waals surface area contributed by atoms with Gasteiger partial charge in [0.1, 0.15) is 48.8 Å². The number of carbonyl (C=O) groups is 1. The molecule has 5 rings (SSSR count). The number of rotatable bonds is 15. The van der Waals surface area contributed by atoms with Crippen LogP contribution in [0.5, 0.6) is 0 Å². The third kappa shape index (κ3) is 14.2. The molecule has 2 aromatic rings. The molecule has 3 aliphatic rings. The summed E-state index contributed by atoms with van der Waals surface area (Å²) in [6, 6.07) is 3.27. The highest BCUT2D eigenvalue weighted by Crippen LogP contribution is 2.40. The number of aliphatic hydroxyl groups is 6. The number of benzene rings is 1. The van der Waals surface area contributed by atoms with E-state index in [0.717, 1.165) is 6.26 Å². The van der Waals surface area contributed by atoms with Crippen molar-refractivity contribution < 1.29 is 76.7 Å². The summed E-state index contributed by atoms with van der Waals surface area (Å²) in [6.07, 6.45) is -8.26. The van der Waals surface area contributed by atoms with Gasteiger partial charge >= 0.3 is 5.97 Å². The lowest BCUT2D eigenvalue weighted by atomic mass is 9.77. The summed E-state index contributed by atoms with van der Waals surface area (Å²) in [5.41, 5.74) is -3.86. The number of cyclic esters (lactones) is 1. The van der Waals surface area contributed by atoms with Gasteiger partial charge in [0.25, 0.3) is 0 Å². The van der Waals surface area contributed by atoms with Crippen molar-refractivity contribution in [2.75, 3.05) is 47.2 Å². The minimum atomic E-state index is -3.47. The minimum absolute atomic E-state index is 0.0652. The van der Waals surface area contributed by atoms with E-state index in [1.54, 1.807) is 48.5 Å². The molecule has 3 fully saturated rings. The van der Waals surface area contributed by atoms with Crippen LogP contribution in [0.2, 0.25) is 0 Å². The summed E-state index contributed by atoms with van der Waals surface area (Å²) in [5, 5.41) is 79.1. The number of methoxy groups -OCH3 is 1. The molecule has 3 saturated heterocycles. The molecule has 6 N–H and O–H groups in total. The molecule has 3 aliphatic heterocycles. The van der Waals surface area contributed by atoms with Crippen LogP contribution in [0.15, 0.2) is 35.4 Å². The summed E-state index contributed by atoms with van der Waals surface area (Å²) in [7, 11) is 1.64. The Bertz CT molecular complexity index is 2190. The van der Waals surface area contributed by atoms with Crippen LogP contribution < -0.4 is 0 Å². The van der Waals surface area contributed by atoms with Crippen molar-refractivity contribution in [1.82, 2.24) is 24.8 Å². The number of aromatic nitrogens is 3. The van der Waals surface area contributed by atoms with Crippen LogP contribution in [0.3, 0.4) is 0 Å². The van der Waals surface area contributed by atoms with Crippen molar-refractivity contribution in [2.24, 2.45) is 17.8 Å². The van der Waals surface area contributed by atoms with E-state index in [2.05, 4.69) is 10.3 Å². The van der Waals surface area contributed by atoms with Crippen LogP contribution in [-0.4, -0.2) is 207 Å². The van der Waals surface area contributed by atoms with Gasteiger partial charge in [-0.2, -0.15) is 0 Å². The summed E-state index contributed by atoms with van der Waals surface area (Å²) < 4.78 is 77.8. The molecule has 73 heavy (non-hydrogen) atoms. The highest BCUT2D eigenvalue weighted by molar-refractivity contribution is 7.90. The van der Waals surface area contributed by atoms with E-state index in [-0.39, 0.29) is 30.1 Å². The fourth-order valence-electron chi connectivity index (χ4n) is 11.1. The van der Waals surface area contributed by atoms with E-state index in [9.17, 15) is 48.2 Å². The zero-order chi connectivity index (χ0) is 54.7. The molecular weight excluding hydrogens is 974 g/mol. The highest BCUT2D eigenvalue weighted by atomic mass is 32.2. The number of carbonyl (C=O) groups excluding carboxylic acids is 1. The Hall–Kier alpha value is -2.81. The Balaban J connectivity index is 1.44. The predicted molar refractivity (Wildman–Crippen MR) is 266 cm³/mol. The molecule has 1 aromatic heterocycles. The van der Waals surface area contributed by atoms with Gasteiger partial charge in [-0.25, -0.2) is 17.5 Å². The van der Waals surface area contributed by atoms with Gasteiger partial charge in [0.05, 0.1) is 52.1 Å². The second kappa shape index (κ2) is 24.7. The molecule has 418 valence electrons. The number of hydrogen-bond donors (Lipinski definition) is 6. The Morgan fingerprint density at radius 1 is 0.986 bits per heavy atom. The first-order chi connectivity index (χ1) is 33.9. The van der Waals surface area contributed by atoms with Crippen molar-refractivity contribution in [3.63, 3.8) is 0 Å². The van der Waals surface area contributed by atoms with E-state index in [0.29, 0.717) is 37.2 Å². The molecule has 0 spiro atoms. The predicted octanol–water partition coefficient (Wildman–Crippen LogP) is 2.75. The van der Waals surface area contributed by atoms with Crippen LogP contribution in [0.25, 0.3) is 0 Å². The van der Waals surface area contributed by atoms with Crippen LogP contribution in [-0.2, 0) is 49.5 Å². The van der Waals surface area contributed by atoms with E-state index in [4.69, 9.17) is 28.4 Å². The molecule has 0 aliphatic carbocycles. The molecule has 22 heteroatoms. The number of alkyl halides is 1. The molecule has 0 amide bonds. The highest BCUT2D eigenvalue weighted by Gasteiger charge is 2.53. The van der Waals surface area contributed by atoms with E-state index in [1.807, 2.05) is 37.7 Å². The van der Waals surface area contributed by atoms with Crippen molar-refractivity contribution in [2.45, 2.75) is 209 Å². The van der Waals surface area contributed by atoms with Crippen LogP contribution >= 0.6 is 0 Å². The average molecular weight is 1060 g/mol. The number of ether oxygens (including phenoxy) is 6. The normalized spacial score (nSPS) is 39.9. The van der Waals surface area contributed by atoms with Gasteiger partial charge < -0.3 is 68.9 Å². The maximum Gasteiger partial charge on any atom is 0.311 e. The average Bonchev–Trinajstić information content (AvgIpc) is 3.80. The largest absolute Gasteiger partial charge is 0.459 e. The Morgan fingerprint density at radius 2 is 1.63 bits per heavy atom. The standard InChI is InChI=1S/C51H86FN5O15S/c1-15-39-51(10,64)44(60)32(6)56(12)26-28(2)23-49(8,63)46(30(4)43(31(5)47(62)70-39)71-40-24-50(9,67-13)45(61)33(7)69-40)72-48-42(59)37(22-29(3)68-48)55(11)21-20-35-27-57(54-53-35)38(25-52)41(58)34-16-18-36(19-17-34)73(14,65)66/h16-19,27-33,37-46,48,58-61,63-64H,15,20-26H2,1-14H3/t28-,29-,30+,31-,32-,33+,37+,38?,39-,40+,41-,42-,43+,44-,45+,46-,48+,49-,50-,51-/m1/s1. The summed E-state index contributed by atoms with van der Waals surface area (Å²) >= 11 is 0. The van der Waals surface area contributed by atoms with Gasteiger partial charge in [0, 0.05) is 63.5 Å². The van der Waals surface area contributed by atoms with Gasteiger partial charge in [-0.1, -0.05) is 38.1 Å².